The highest BCUT2D eigenvalue weighted by atomic mass is 35.5. The monoisotopic (exact) mass is 323 g/mol. The second-order valence-electron chi connectivity index (χ2n) is 6.66. The molecular formula is C18H23Cl2N. The summed E-state index contributed by atoms with van der Waals surface area (Å²) in [5, 5.41) is 1.25. The van der Waals surface area contributed by atoms with Crippen molar-refractivity contribution in [2.75, 3.05) is 6.54 Å². The fourth-order valence-corrected chi connectivity index (χ4v) is 3.80. The SMILES string of the molecule is CC1(CC=Cc2ccc(Cl)c(Cl)c2)CCCCN1C1CC1. The Bertz CT molecular complexity index is 536. The second kappa shape index (κ2) is 6.32. The zero-order chi connectivity index (χ0) is 14.9. The molecule has 114 valence electrons. The Kier molecular flexibility index (Phi) is 4.63. The number of halogens is 2. The van der Waals surface area contributed by atoms with E-state index in [4.69, 9.17) is 23.2 Å². The summed E-state index contributed by atoms with van der Waals surface area (Å²) in [6.45, 7) is 3.71. The van der Waals surface area contributed by atoms with Gasteiger partial charge in [-0.25, -0.2) is 0 Å². The van der Waals surface area contributed by atoms with Gasteiger partial charge >= 0.3 is 0 Å². The molecule has 1 heterocycles. The standard InChI is InChI=1S/C18H23Cl2N/c1-18(10-2-3-12-21(18)15-7-8-15)11-4-5-14-6-9-16(19)17(20)13-14/h4-6,9,13,15H,2-3,7-8,10-12H2,1H3. The van der Waals surface area contributed by atoms with Gasteiger partial charge in [-0.2, -0.15) is 0 Å². The van der Waals surface area contributed by atoms with Crippen LogP contribution in [0.4, 0.5) is 0 Å². The van der Waals surface area contributed by atoms with E-state index < -0.39 is 0 Å². The summed E-state index contributed by atoms with van der Waals surface area (Å²) < 4.78 is 0. The maximum atomic E-state index is 6.07. The molecule has 1 saturated heterocycles. The minimum Gasteiger partial charge on any atom is -0.295 e. The first kappa shape index (κ1) is 15.4. The summed E-state index contributed by atoms with van der Waals surface area (Å²) in [6, 6.07) is 6.67. The van der Waals surface area contributed by atoms with Gasteiger partial charge in [0, 0.05) is 11.6 Å². The van der Waals surface area contributed by atoms with Crippen LogP contribution in [0.2, 0.25) is 10.0 Å². The van der Waals surface area contributed by atoms with Crippen LogP contribution in [0.3, 0.4) is 0 Å². The number of benzene rings is 1. The maximum absolute atomic E-state index is 6.07. The second-order valence-corrected chi connectivity index (χ2v) is 7.47. The van der Waals surface area contributed by atoms with Gasteiger partial charge in [0.25, 0.3) is 0 Å². The van der Waals surface area contributed by atoms with E-state index in [0.29, 0.717) is 15.6 Å². The van der Waals surface area contributed by atoms with Crippen LogP contribution in [0.25, 0.3) is 6.08 Å². The van der Waals surface area contributed by atoms with Gasteiger partial charge in [0.15, 0.2) is 0 Å². The number of nitrogens with zero attached hydrogens (tertiary/aromatic N) is 1. The lowest BCUT2D eigenvalue weighted by atomic mass is 9.85. The molecular weight excluding hydrogens is 301 g/mol. The lowest BCUT2D eigenvalue weighted by molar-refractivity contribution is 0.0557. The summed E-state index contributed by atoms with van der Waals surface area (Å²) in [5.74, 6) is 0. The van der Waals surface area contributed by atoms with E-state index in [9.17, 15) is 0 Å². The van der Waals surface area contributed by atoms with Gasteiger partial charge in [-0.05, 0) is 63.3 Å². The van der Waals surface area contributed by atoms with Crippen LogP contribution >= 0.6 is 23.2 Å². The molecule has 0 amide bonds. The first-order chi connectivity index (χ1) is 10.1. The van der Waals surface area contributed by atoms with Gasteiger partial charge in [-0.1, -0.05) is 47.8 Å². The maximum Gasteiger partial charge on any atom is 0.0598 e. The predicted octanol–water partition coefficient (Wildman–Crippen LogP) is 5.80. The quantitative estimate of drug-likeness (QED) is 0.676. The van der Waals surface area contributed by atoms with Gasteiger partial charge in [-0.3, -0.25) is 4.90 Å². The van der Waals surface area contributed by atoms with Crippen molar-refractivity contribution in [2.45, 2.75) is 57.0 Å². The van der Waals surface area contributed by atoms with Crippen molar-refractivity contribution in [1.29, 1.82) is 0 Å². The van der Waals surface area contributed by atoms with Crippen LogP contribution in [0, 0.1) is 0 Å². The molecule has 0 N–H and O–H groups in total. The van der Waals surface area contributed by atoms with Crippen LogP contribution in [0.15, 0.2) is 24.3 Å². The molecule has 2 fully saturated rings. The van der Waals surface area contributed by atoms with Crippen molar-refractivity contribution in [2.24, 2.45) is 0 Å². The van der Waals surface area contributed by atoms with E-state index in [1.165, 1.54) is 38.6 Å². The molecule has 0 radical (unpaired) electrons. The lowest BCUT2D eigenvalue weighted by Gasteiger charge is -2.45. The first-order valence-corrected chi connectivity index (χ1v) is 8.72. The fraction of sp³-hybridized carbons (Fsp3) is 0.556. The Morgan fingerprint density at radius 2 is 2.05 bits per heavy atom. The molecule has 2 aliphatic rings. The molecule has 3 heteroatoms. The van der Waals surface area contributed by atoms with Crippen LogP contribution in [0.5, 0.6) is 0 Å². The number of piperidine rings is 1. The van der Waals surface area contributed by atoms with Crippen molar-refractivity contribution in [3.8, 4) is 0 Å². The van der Waals surface area contributed by atoms with E-state index in [-0.39, 0.29) is 0 Å². The topological polar surface area (TPSA) is 3.24 Å². The molecule has 1 saturated carbocycles. The zero-order valence-corrected chi connectivity index (χ0v) is 14.1. The van der Waals surface area contributed by atoms with Gasteiger partial charge < -0.3 is 0 Å². The smallest absolute Gasteiger partial charge is 0.0598 e. The average Bonchev–Trinajstić information content (AvgIpc) is 3.28. The highest BCUT2D eigenvalue weighted by molar-refractivity contribution is 6.42. The van der Waals surface area contributed by atoms with E-state index >= 15 is 0 Å². The van der Waals surface area contributed by atoms with Crippen LogP contribution in [-0.4, -0.2) is 23.0 Å². The van der Waals surface area contributed by atoms with Crippen LogP contribution in [-0.2, 0) is 0 Å². The predicted molar refractivity (Wildman–Crippen MR) is 92.1 cm³/mol. The molecule has 1 aliphatic carbocycles. The molecule has 1 aromatic rings. The molecule has 1 aromatic carbocycles. The Hall–Kier alpha value is -0.500. The van der Waals surface area contributed by atoms with Gasteiger partial charge in [-0.15, -0.1) is 0 Å². The summed E-state index contributed by atoms with van der Waals surface area (Å²) in [6.07, 6.45) is 12.4. The molecule has 0 aromatic heterocycles. The normalized spacial score (nSPS) is 27.4. The summed E-state index contributed by atoms with van der Waals surface area (Å²) in [5.41, 5.74) is 1.47. The molecule has 0 spiro atoms. The van der Waals surface area contributed by atoms with E-state index in [2.05, 4.69) is 24.0 Å². The third kappa shape index (κ3) is 3.64. The molecule has 21 heavy (non-hydrogen) atoms. The highest BCUT2D eigenvalue weighted by Crippen LogP contribution is 2.40. The highest BCUT2D eigenvalue weighted by Gasteiger charge is 2.41. The Morgan fingerprint density at radius 3 is 2.76 bits per heavy atom. The van der Waals surface area contributed by atoms with Crippen LogP contribution in [0.1, 0.15) is 51.0 Å². The number of hydrogen-bond donors (Lipinski definition) is 0. The minimum absolute atomic E-state index is 0.339. The zero-order valence-electron chi connectivity index (χ0n) is 12.6. The van der Waals surface area contributed by atoms with E-state index in [1.807, 2.05) is 18.2 Å². The van der Waals surface area contributed by atoms with Gasteiger partial charge in [0.05, 0.1) is 10.0 Å². The average molecular weight is 324 g/mol. The van der Waals surface area contributed by atoms with E-state index in [1.54, 1.807) is 0 Å². The molecule has 1 nitrogen and oxygen atoms in total. The lowest BCUT2D eigenvalue weighted by Crippen LogP contribution is -2.50. The Balaban J connectivity index is 1.67. The number of hydrogen-bond acceptors (Lipinski definition) is 1. The molecule has 3 rings (SSSR count). The van der Waals surface area contributed by atoms with Crippen molar-refractivity contribution in [3.05, 3.63) is 39.9 Å². The third-order valence-corrected chi connectivity index (χ3v) is 5.60. The largest absolute Gasteiger partial charge is 0.295 e. The molecule has 1 unspecified atom stereocenters. The molecule has 1 aliphatic heterocycles. The summed E-state index contributed by atoms with van der Waals surface area (Å²) in [7, 11) is 0. The fourth-order valence-electron chi connectivity index (χ4n) is 3.50. The Morgan fingerprint density at radius 1 is 1.24 bits per heavy atom. The molecule has 0 bridgehead atoms. The number of likely N-dealkylation sites (tertiary alicyclic amines) is 1. The van der Waals surface area contributed by atoms with Gasteiger partial charge in [0.1, 0.15) is 0 Å². The van der Waals surface area contributed by atoms with Crippen molar-refractivity contribution >= 4 is 29.3 Å². The van der Waals surface area contributed by atoms with E-state index in [0.717, 1.165) is 18.0 Å². The number of rotatable bonds is 4. The third-order valence-electron chi connectivity index (χ3n) is 4.86. The van der Waals surface area contributed by atoms with Gasteiger partial charge in [0.2, 0.25) is 0 Å². The van der Waals surface area contributed by atoms with Crippen LogP contribution < -0.4 is 0 Å². The Labute approximate surface area is 137 Å². The van der Waals surface area contributed by atoms with Crippen molar-refractivity contribution in [1.82, 2.24) is 4.90 Å². The first-order valence-electron chi connectivity index (χ1n) is 7.97. The van der Waals surface area contributed by atoms with Crippen molar-refractivity contribution < 1.29 is 0 Å². The summed E-state index contributed by atoms with van der Waals surface area (Å²) >= 11 is 12.0. The minimum atomic E-state index is 0.339. The molecule has 1 atom stereocenters. The van der Waals surface area contributed by atoms with Crippen molar-refractivity contribution in [3.63, 3.8) is 0 Å². The summed E-state index contributed by atoms with van der Waals surface area (Å²) in [4.78, 5) is 2.76.